The Kier molecular flexibility index (Phi) is 3.51. The lowest BCUT2D eigenvalue weighted by Gasteiger charge is -2.12. The highest BCUT2D eigenvalue weighted by Gasteiger charge is 2.26. The number of nitrogens with one attached hydrogen (secondary N) is 1. The average molecular weight is 322 g/mol. The van der Waals surface area contributed by atoms with Gasteiger partial charge in [-0.15, -0.1) is 11.3 Å². The molecule has 4 heterocycles. The van der Waals surface area contributed by atoms with Crippen molar-refractivity contribution < 1.29 is 4.42 Å². The van der Waals surface area contributed by atoms with Gasteiger partial charge in [0, 0.05) is 18.8 Å². The number of likely N-dealkylation sites (N-methyl/N-ethyl adjacent to an activating group) is 1. The van der Waals surface area contributed by atoms with E-state index in [1.165, 1.54) is 0 Å². The summed E-state index contributed by atoms with van der Waals surface area (Å²) in [5, 5.41) is 5.18. The number of thiophene rings is 1. The Bertz CT molecular complexity index is 866. The summed E-state index contributed by atoms with van der Waals surface area (Å²) in [6, 6.07) is 11.4. The molecular weight excluding hydrogens is 308 g/mol. The molecule has 1 unspecified atom stereocenters. The molecule has 1 aliphatic heterocycles. The Balaban J connectivity index is 1.96. The fourth-order valence-electron chi connectivity index (χ4n) is 2.55. The van der Waals surface area contributed by atoms with Crippen molar-refractivity contribution >= 4 is 28.7 Å². The van der Waals surface area contributed by atoms with Crippen molar-refractivity contribution in [2.24, 2.45) is 9.98 Å². The highest BCUT2D eigenvalue weighted by Crippen LogP contribution is 2.31. The van der Waals surface area contributed by atoms with Crippen LogP contribution < -0.4 is 5.32 Å². The van der Waals surface area contributed by atoms with E-state index in [-0.39, 0.29) is 6.04 Å². The van der Waals surface area contributed by atoms with Gasteiger partial charge in [-0.1, -0.05) is 6.07 Å². The van der Waals surface area contributed by atoms with Crippen LogP contribution in [0.25, 0.3) is 0 Å². The summed E-state index contributed by atoms with van der Waals surface area (Å²) in [4.78, 5) is 15.1. The van der Waals surface area contributed by atoms with Gasteiger partial charge in [0.05, 0.1) is 16.9 Å². The molecule has 114 valence electrons. The Hall–Kier alpha value is -2.73. The maximum absolute atomic E-state index is 5.58. The van der Waals surface area contributed by atoms with Crippen LogP contribution in [0.4, 0.5) is 5.82 Å². The summed E-state index contributed by atoms with van der Waals surface area (Å²) >= 11 is 1.65. The van der Waals surface area contributed by atoms with Crippen molar-refractivity contribution in [3.63, 3.8) is 0 Å². The monoisotopic (exact) mass is 322 g/mol. The van der Waals surface area contributed by atoms with E-state index in [4.69, 9.17) is 9.41 Å². The molecular formula is C17H14N4OS. The molecule has 0 saturated heterocycles. The molecule has 1 aliphatic rings. The molecule has 0 saturated carbocycles. The highest BCUT2D eigenvalue weighted by molar-refractivity contribution is 7.12. The largest absolute Gasteiger partial charge is 0.467 e. The average Bonchev–Trinajstić information content (AvgIpc) is 3.26. The summed E-state index contributed by atoms with van der Waals surface area (Å²) < 4.78 is 5.58. The van der Waals surface area contributed by atoms with Crippen molar-refractivity contribution in [3.8, 4) is 0 Å². The molecule has 0 aliphatic carbocycles. The molecule has 0 spiro atoms. The first-order chi connectivity index (χ1) is 11.4. The second-order valence-electron chi connectivity index (χ2n) is 4.99. The van der Waals surface area contributed by atoms with Gasteiger partial charge >= 0.3 is 0 Å². The summed E-state index contributed by atoms with van der Waals surface area (Å²) in [7, 11) is 1.84. The summed E-state index contributed by atoms with van der Waals surface area (Å²) in [6.45, 7) is 0. The summed E-state index contributed by atoms with van der Waals surface area (Å²) in [6.07, 6.45) is 3.40. The fraction of sp³-hybridized carbons (Fsp3) is 0.118. The Morgan fingerprint density at radius 1 is 1.17 bits per heavy atom. The SMILES string of the molecule is CNC1=Nc2ncccc2C(c2cccs2)=NC1c1ccco1. The Labute approximate surface area is 137 Å². The molecule has 0 amide bonds. The standard InChI is InChI=1S/C17H14N4OS/c1-18-17-15(12-6-3-9-22-12)20-14(13-7-4-10-23-13)11-5-2-8-19-16(11)21-17/h2-10,15H,1H3,(H,18,19,21). The Morgan fingerprint density at radius 3 is 2.87 bits per heavy atom. The molecule has 1 atom stereocenters. The lowest BCUT2D eigenvalue weighted by molar-refractivity contribution is 0.500. The number of pyridine rings is 1. The van der Waals surface area contributed by atoms with Gasteiger partial charge < -0.3 is 9.73 Å². The van der Waals surface area contributed by atoms with Gasteiger partial charge in [-0.3, -0.25) is 4.99 Å². The van der Waals surface area contributed by atoms with E-state index in [9.17, 15) is 0 Å². The molecule has 0 fully saturated rings. The van der Waals surface area contributed by atoms with Gasteiger partial charge in [0.2, 0.25) is 0 Å². The normalized spacial score (nSPS) is 17.0. The maximum Gasteiger partial charge on any atom is 0.165 e. The minimum absolute atomic E-state index is 0.318. The third kappa shape index (κ3) is 2.47. The molecule has 1 N–H and O–H groups in total. The first-order valence-electron chi connectivity index (χ1n) is 7.23. The van der Waals surface area contributed by atoms with Crippen LogP contribution in [0.15, 0.2) is 68.6 Å². The van der Waals surface area contributed by atoms with Crippen LogP contribution >= 0.6 is 11.3 Å². The van der Waals surface area contributed by atoms with Gasteiger partial charge in [-0.25, -0.2) is 9.98 Å². The predicted molar refractivity (Wildman–Crippen MR) is 91.8 cm³/mol. The second kappa shape index (κ2) is 5.81. The van der Waals surface area contributed by atoms with Gasteiger partial charge in [-0.05, 0) is 35.7 Å². The molecule has 23 heavy (non-hydrogen) atoms. The van der Waals surface area contributed by atoms with Gasteiger partial charge in [0.1, 0.15) is 11.6 Å². The zero-order valence-corrected chi connectivity index (χ0v) is 13.2. The number of aromatic nitrogens is 1. The molecule has 4 rings (SSSR count). The lowest BCUT2D eigenvalue weighted by atomic mass is 10.1. The van der Waals surface area contributed by atoms with Crippen LogP contribution in [0.5, 0.6) is 0 Å². The molecule has 0 aromatic carbocycles. The molecule has 3 aromatic heterocycles. The van der Waals surface area contributed by atoms with Crippen LogP contribution in [0.3, 0.4) is 0 Å². The number of furan rings is 1. The minimum Gasteiger partial charge on any atom is -0.467 e. The molecule has 0 bridgehead atoms. The summed E-state index contributed by atoms with van der Waals surface area (Å²) in [5.41, 5.74) is 1.82. The number of nitrogens with zero attached hydrogens (tertiary/aromatic N) is 3. The molecule has 3 aromatic rings. The highest BCUT2D eigenvalue weighted by atomic mass is 32.1. The van der Waals surface area contributed by atoms with E-state index >= 15 is 0 Å². The van der Waals surface area contributed by atoms with E-state index in [1.54, 1.807) is 23.8 Å². The van der Waals surface area contributed by atoms with E-state index < -0.39 is 0 Å². The van der Waals surface area contributed by atoms with Crippen LogP contribution in [0.2, 0.25) is 0 Å². The second-order valence-corrected chi connectivity index (χ2v) is 5.94. The van der Waals surface area contributed by atoms with Gasteiger partial charge in [0.25, 0.3) is 0 Å². The number of rotatable bonds is 2. The number of amidine groups is 1. The van der Waals surface area contributed by atoms with Crippen LogP contribution in [-0.2, 0) is 0 Å². The molecule has 0 radical (unpaired) electrons. The van der Waals surface area contributed by atoms with Gasteiger partial charge in [0.15, 0.2) is 11.9 Å². The Morgan fingerprint density at radius 2 is 2.13 bits per heavy atom. The van der Waals surface area contributed by atoms with E-state index in [0.29, 0.717) is 11.7 Å². The zero-order valence-electron chi connectivity index (χ0n) is 12.4. The third-order valence-corrected chi connectivity index (χ3v) is 4.49. The van der Waals surface area contributed by atoms with Crippen LogP contribution in [0, 0.1) is 0 Å². The van der Waals surface area contributed by atoms with Crippen molar-refractivity contribution in [1.29, 1.82) is 0 Å². The number of fused-ring (bicyclic) bond motifs is 1. The molecule has 6 heteroatoms. The number of hydrogen-bond acceptors (Lipinski definition) is 6. The fourth-order valence-corrected chi connectivity index (χ4v) is 3.29. The maximum atomic E-state index is 5.58. The first kappa shape index (κ1) is 13.9. The third-order valence-electron chi connectivity index (χ3n) is 3.61. The van der Waals surface area contributed by atoms with E-state index in [1.807, 2.05) is 42.8 Å². The summed E-state index contributed by atoms with van der Waals surface area (Å²) in [5.74, 6) is 2.13. The topological polar surface area (TPSA) is 62.8 Å². The van der Waals surface area contributed by atoms with Crippen molar-refractivity contribution in [3.05, 3.63) is 70.4 Å². The van der Waals surface area contributed by atoms with Gasteiger partial charge in [-0.2, -0.15) is 0 Å². The quantitative estimate of drug-likeness (QED) is 0.784. The predicted octanol–water partition coefficient (Wildman–Crippen LogP) is 3.58. The number of hydrogen-bond donors (Lipinski definition) is 1. The van der Waals surface area contributed by atoms with Crippen molar-refractivity contribution in [2.45, 2.75) is 6.04 Å². The molecule has 5 nitrogen and oxygen atoms in total. The zero-order chi connectivity index (χ0) is 15.6. The first-order valence-corrected chi connectivity index (χ1v) is 8.11. The lowest BCUT2D eigenvalue weighted by Crippen LogP contribution is -2.24. The van der Waals surface area contributed by atoms with Crippen LogP contribution in [-0.4, -0.2) is 23.6 Å². The van der Waals surface area contributed by atoms with Crippen molar-refractivity contribution in [1.82, 2.24) is 10.3 Å². The van der Waals surface area contributed by atoms with Crippen LogP contribution in [0.1, 0.15) is 22.2 Å². The number of aliphatic imine (C=N–C) groups is 2. The smallest absolute Gasteiger partial charge is 0.165 e. The van der Waals surface area contributed by atoms with Crippen molar-refractivity contribution in [2.75, 3.05) is 7.05 Å². The minimum atomic E-state index is -0.318. The van der Waals surface area contributed by atoms with E-state index in [2.05, 4.69) is 21.4 Å². The van der Waals surface area contributed by atoms with E-state index in [0.717, 1.165) is 21.9 Å².